The number of amides is 1. The van der Waals surface area contributed by atoms with Gasteiger partial charge in [0.2, 0.25) is 5.91 Å². The average Bonchev–Trinajstić information content (AvgIpc) is 3.18. The van der Waals surface area contributed by atoms with E-state index in [0.717, 1.165) is 0 Å². The molecule has 1 fully saturated rings. The minimum absolute atomic E-state index is 0.0373. The Morgan fingerprint density at radius 3 is 2.74 bits per heavy atom. The highest BCUT2D eigenvalue weighted by molar-refractivity contribution is 5.98. The Bertz CT molecular complexity index is 1390. The molecular weight excluding hydrogens is 453 g/mol. The number of nitrogens with zero attached hydrogens (tertiary/aromatic N) is 5. The maximum atomic E-state index is 13.3. The maximum Gasteiger partial charge on any atom is 0.295 e. The molecule has 5 rings (SSSR count). The Balaban J connectivity index is 1.56. The van der Waals surface area contributed by atoms with Crippen LogP contribution in [0.25, 0.3) is 22.6 Å². The third kappa shape index (κ3) is 4.00. The number of halogens is 3. The zero-order valence-corrected chi connectivity index (χ0v) is 18.0. The van der Waals surface area contributed by atoms with Crippen LogP contribution in [-0.2, 0) is 11.8 Å². The molecule has 3 N–H and O–H groups in total. The van der Waals surface area contributed by atoms with Crippen LogP contribution < -0.4 is 15.4 Å². The predicted octanol–water partition coefficient (Wildman–Crippen LogP) is 3.74. The number of carbonyl (C=O) groups is 1. The van der Waals surface area contributed by atoms with E-state index in [1.165, 1.54) is 13.2 Å². The second-order valence-electron chi connectivity index (χ2n) is 7.78. The number of H-pyrrole nitrogens is 1. The highest BCUT2D eigenvalue weighted by Crippen LogP contribution is 2.39. The molecule has 0 saturated heterocycles. The van der Waals surface area contributed by atoms with Crippen LogP contribution in [0.2, 0.25) is 0 Å². The van der Waals surface area contributed by atoms with Gasteiger partial charge in [-0.15, -0.1) is 0 Å². The molecule has 0 radical (unpaired) electrons. The van der Waals surface area contributed by atoms with Gasteiger partial charge in [0, 0.05) is 13.1 Å². The van der Waals surface area contributed by atoms with Crippen molar-refractivity contribution in [3.8, 4) is 17.1 Å². The first-order chi connectivity index (χ1) is 16.3. The summed E-state index contributed by atoms with van der Waals surface area (Å²) in [6.07, 6.45) is -2.35. The van der Waals surface area contributed by atoms with Crippen molar-refractivity contribution in [1.82, 2.24) is 29.7 Å². The molecule has 2 atom stereocenters. The van der Waals surface area contributed by atoms with Crippen LogP contribution in [0.5, 0.6) is 5.75 Å². The Hall–Kier alpha value is -4.16. The largest absolute Gasteiger partial charge is 0.494 e. The number of anilines is 3. The molecular formula is C21H19F3N8O2. The van der Waals surface area contributed by atoms with E-state index < -0.39 is 30.2 Å². The summed E-state index contributed by atoms with van der Waals surface area (Å²) >= 11 is 0. The van der Waals surface area contributed by atoms with Gasteiger partial charge in [0.05, 0.1) is 30.0 Å². The average molecular weight is 472 g/mol. The molecule has 0 bridgehead atoms. The van der Waals surface area contributed by atoms with Crippen molar-refractivity contribution in [2.75, 3.05) is 17.7 Å². The van der Waals surface area contributed by atoms with Crippen LogP contribution in [0.4, 0.5) is 30.4 Å². The summed E-state index contributed by atoms with van der Waals surface area (Å²) in [6, 6.07) is 6.71. The van der Waals surface area contributed by atoms with E-state index in [9.17, 15) is 18.0 Å². The molecule has 3 aromatic heterocycles. The Morgan fingerprint density at radius 2 is 2.09 bits per heavy atom. The summed E-state index contributed by atoms with van der Waals surface area (Å²) < 4.78 is 47.0. The summed E-state index contributed by atoms with van der Waals surface area (Å²) in [5.74, 6) is -0.951. The van der Waals surface area contributed by atoms with E-state index in [0.29, 0.717) is 28.5 Å². The number of para-hydroxylation sites is 1. The number of alkyl halides is 3. The molecule has 1 aliphatic rings. The highest BCUT2D eigenvalue weighted by atomic mass is 19.3. The molecule has 4 aromatic rings. The van der Waals surface area contributed by atoms with Gasteiger partial charge in [-0.1, -0.05) is 6.07 Å². The number of aromatic amines is 1. The topological polar surface area (TPSA) is 123 Å². The molecule has 1 aromatic carbocycles. The summed E-state index contributed by atoms with van der Waals surface area (Å²) in [7, 11) is 3.22. The SMILES string of the molecule is COc1c(Nc2cc(NC(=O)[C@@H]3C[C@@H]3F)nc3nc(C(F)F)[nH]c23)cccc1-c1ncn(C)n1. The van der Waals surface area contributed by atoms with Crippen molar-refractivity contribution < 1.29 is 22.7 Å². The predicted molar refractivity (Wildman–Crippen MR) is 117 cm³/mol. The Morgan fingerprint density at radius 1 is 1.29 bits per heavy atom. The van der Waals surface area contributed by atoms with Gasteiger partial charge in [-0.05, 0) is 18.6 Å². The fourth-order valence-corrected chi connectivity index (χ4v) is 3.57. The van der Waals surface area contributed by atoms with Crippen molar-refractivity contribution >= 4 is 34.3 Å². The fourth-order valence-electron chi connectivity index (χ4n) is 3.57. The van der Waals surface area contributed by atoms with Crippen molar-refractivity contribution in [3.05, 3.63) is 36.4 Å². The van der Waals surface area contributed by atoms with E-state index in [-0.39, 0.29) is 23.4 Å². The number of nitrogens with one attached hydrogen (secondary N) is 3. The number of ether oxygens (including phenoxy) is 1. The van der Waals surface area contributed by atoms with Gasteiger partial charge in [-0.2, -0.15) is 5.10 Å². The molecule has 0 unspecified atom stereocenters. The van der Waals surface area contributed by atoms with Gasteiger partial charge in [0.25, 0.3) is 6.43 Å². The Kier molecular flexibility index (Phi) is 5.30. The van der Waals surface area contributed by atoms with E-state index in [4.69, 9.17) is 4.74 Å². The first kappa shape index (κ1) is 21.7. The van der Waals surface area contributed by atoms with E-state index >= 15 is 0 Å². The number of methoxy groups -OCH3 is 1. The summed E-state index contributed by atoms with van der Waals surface area (Å²) in [5, 5.41) is 9.96. The lowest BCUT2D eigenvalue weighted by Crippen LogP contribution is -2.16. The van der Waals surface area contributed by atoms with Crippen molar-refractivity contribution in [3.63, 3.8) is 0 Å². The van der Waals surface area contributed by atoms with Crippen molar-refractivity contribution in [2.24, 2.45) is 13.0 Å². The second-order valence-corrected chi connectivity index (χ2v) is 7.78. The lowest BCUT2D eigenvalue weighted by atomic mass is 10.1. The normalized spacial score (nSPS) is 17.2. The lowest BCUT2D eigenvalue weighted by molar-refractivity contribution is -0.117. The summed E-state index contributed by atoms with van der Waals surface area (Å²) in [5.41, 5.74) is 1.55. The third-order valence-electron chi connectivity index (χ3n) is 5.32. The first-order valence-electron chi connectivity index (χ1n) is 10.3. The van der Waals surface area contributed by atoms with E-state index in [2.05, 4.69) is 35.7 Å². The van der Waals surface area contributed by atoms with Crippen LogP contribution >= 0.6 is 0 Å². The number of carbonyl (C=O) groups excluding carboxylic acids is 1. The van der Waals surface area contributed by atoms with E-state index in [1.54, 1.807) is 36.3 Å². The molecule has 176 valence electrons. The number of hydrogen-bond acceptors (Lipinski definition) is 7. The standard InChI is InChI=1S/C21H19F3N8O2/c1-32-8-25-18(31-32)9-4-3-5-12(16(9)34-2)26-13-7-14(28-21(33)10-6-11(10)22)27-19-15(13)29-20(30-19)17(23)24/h3-5,7-8,10-11,17H,6H2,1-2H3,(H3,26,27,28,29,30,33)/t10-,11+/m1/s1. The molecule has 10 nitrogen and oxygen atoms in total. The lowest BCUT2D eigenvalue weighted by Gasteiger charge is -2.15. The first-order valence-corrected chi connectivity index (χ1v) is 10.3. The zero-order valence-electron chi connectivity index (χ0n) is 18.0. The number of pyridine rings is 1. The third-order valence-corrected chi connectivity index (χ3v) is 5.32. The van der Waals surface area contributed by atoms with Gasteiger partial charge in [-0.3, -0.25) is 9.48 Å². The van der Waals surface area contributed by atoms with Crippen LogP contribution in [0.1, 0.15) is 18.7 Å². The fraction of sp³-hybridized carbons (Fsp3) is 0.286. The smallest absolute Gasteiger partial charge is 0.295 e. The number of rotatable bonds is 7. The second kappa shape index (κ2) is 8.32. The molecule has 3 heterocycles. The monoisotopic (exact) mass is 472 g/mol. The minimum atomic E-state index is -2.85. The number of imidazole rings is 1. The highest BCUT2D eigenvalue weighted by Gasteiger charge is 2.43. The zero-order chi connectivity index (χ0) is 24.0. The van der Waals surface area contributed by atoms with Gasteiger partial charge < -0.3 is 20.4 Å². The van der Waals surface area contributed by atoms with Crippen LogP contribution in [-0.4, -0.2) is 48.9 Å². The number of hydrogen-bond donors (Lipinski definition) is 3. The van der Waals surface area contributed by atoms with Crippen LogP contribution in [0, 0.1) is 5.92 Å². The Labute approximate surface area is 190 Å². The van der Waals surface area contributed by atoms with Crippen molar-refractivity contribution in [2.45, 2.75) is 19.0 Å². The molecule has 0 aliphatic heterocycles. The van der Waals surface area contributed by atoms with Crippen LogP contribution in [0.3, 0.4) is 0 Å². The van der Waals surface area contributed by atoms with Gasteiger partial charge in [0.15, 0.2) is 23.0 Å². The quantitative estimate of drug-likeness (QED) is 0.374. The number of fused-ring (bicyclic) bond motifs is 1. The van der Waals surface area contributed by atoms with Gasteiger partial charge in [-0.25, -0.2) is 28.1 Å². The molecule has 0 spiro atoms. The molecule has 1 saturated carbocycles. The molecule has 1 amide bonds. The van der Waals surface area contributed by atoms with E-state index in [1.807, 2.05) is 0 Å². The number of aromatic nitrogens is 6. The van der Waals surface area contributed by atoms with Crippen molar-refractivity contribution in [1.29, 1.82) is 0 Å². The molecule has 34 heavy (non-hydrogen) atoms. The van der Waals surface area contributed by atoms with Gasteiger partial charge >= 0.3 is 0 Å². The van der Waals surface area contributed by atoms with Gasteiger partial charge in [0.1, 0.15) is 23.8 Å². The summed E-state index contributed by atoms with van der Waals surface area (Å²) in [4.78, 5) is 27.0. The number of aryl methyl sites for hydroxylation is 1. The molecule has 1 aliphatic carbocycles. The summed E-state index contributed by atoms with van der Waals surface area (Å²) in [6.45, 7) is 0. The van der Waals surface area contributed by atoms with Crippen LogP contribution in [0.15, 0.2) is 30.6 Å². The minimum Gasteiger partial charge on any atom is -0.494 e. The molecule has 13 heteroatoms. The number of benzene rings is 1. The maximum absolute atomic E-state index is 13.3.